The second kappa shape index (κ2) is 5.81. The van der Waals surface area contributed by atoms with Crippen molar-refractivity contribution in [3.63, 3.8) is 0 Å². The molecule has 0 atom stereocenters. The maximum Gasteiger partial charge on any atom is 0.275 e. The largest absolute Gasteiger partial charge is 0.487 e. The number of ether oxygens (including phenoxy) is 1. The predicted molar refractivity (Wildman–Crippen MR) is 66.0 cm³/mol. The molecular weight excluding hydrogens is 258 g/mol. The van der Waals surface area contributed by atoms with Crippen molar-refractivity contribution in [2.24, 2.45) is 0 Å². The van der Waals surface area contributed by atoms with Crippen LogP contribution >= 0.6 is 0 Å². The van der Waals surface area contributed by atoms with Gasteiger partial charge in [0.05, 0.1) is 11.0 Å². The third kappa shape index (κ3) is 3.52. The highest BCUT2D eigenvalue weighted by atomic mass is 19.3. The minimum atomic E-state index is -2.60. The molecule has 0 unspecified atom stereocenters. The molecule has 0 aliphatic carbocycles. The maximum absolute atomic E-state index is 12.1. The Bertz CT molecular complexity index is 462. The summed E-state index contributed by atoms with van der Waals surface area (Å²) in [5.74, 6) is 0.108. The first-order valence-corrected chi connectivity index (χ1v) is 6.01. The number of non-ortho nitro benzene ring substituents is 1. The molecule has 0 aromatic heterocycles. The summed E-state index contributed by atoms with van der Waals surface area (Å²) in [6.07, 6.45) is -0.555. The Kier molecular flexibility index (Phi) is 4.13. The van der Waals surface area contributed by atoms with Crippen LogP contribution in [0.4, 0.5) is 20.2 Å². The van der Waals surface area contributed by atoms with Crippen LogP contribution in [0.5, 0.6) is 5.75 Å². The first-order chi connectivity index (χ1) is 9.06. The van der Waals surface area contributed by atoms with Crippen LogP contribution in [0.3, 0.4) is 0 Å². The van der Waals surface area contributed by atoms with Gasteiger partial charge < -0.3 is 9.64 Å². The van der Waals surface area contributed by atoms with E-state index in [2.05, 4.69) is 0 Å². The molecule has 0 spiro atoms. The number of hydrogen-bond donors (Lipinski definition) is 0. The van der Waals surface area contributed by atoms with Crippen molar-refractivity contribution in [2.45, 2.75) is 19.3 Å². The van der Waals surface area contributed by atoms with Gasteiger partial charge >= 0.3 is 0 Å². The molecular formula is C12H14F2N2O3. The normalized spacial score (nSPS) is 15.0. The third-order valence-corrected chi connectivity index (χ3v) is 2.93. The van der Waals surface area contributed by atoms with E-state index in [-0.39, 0.29) is 11.4 Å². The quantitative estimate of drug-likeness (QED) is 0.611. The number of benzene rings is 1. The van der Waals surface area contributed by atoms with E-state index in [0.717, 1.165) is 25.9 Å². The molecule has 0 N–H and O–H groups in total. The van der Waals surface area contributed by atoms with Crippen LogP contribution in [0.2, 0.25) is 0 Å². The van der Waals surface area contributed by atoms with Crippen LogP contribution in [-0.2, 0) is 0 Å². The van der Waals surface area contributed by atoms with Crippen LogP contribution in [-0.4, -0.2) is 31.0 Å². The Morgan fingerprint density at radius 3 is 2.58 bits per heavy atom. The van der Waals surface area contributed by atoms with Crippen LogP contribution in [0, 0.1) is 10.1 Å². The summed E-state index contributed by atoms with van der Waals surface area (Å²) in [5, 5.41) is 10.8. The molecule has 0 bridgehead atoms. The Balaban J connectivity index is 2.23. The lowest BCUT2D eigenvalue weighted by Crippen LogP contribution is -2.18. The molecule has 1 saturated heterocycles. The minimum absolute atomic E-state index is 0.108. The van der Waals surface area contributed by atoms with Crippen LogP contribution in [0.15, 0.2) is 18.2 Å². The number of rotatable bonds is 5. The number of anilines is 1. The summed E-state index contributed by atoms with van der Waals surface area (Å²) in [6, 6.07) is 4.18. The monoisotopic (exact) mass is 272 g/mol. The van der Waals surface area contributed by atoms with E-state index in [1.807, 2.05) is 4.90 Å². The van der Waals surface area contributed by atoms with E-state index in [1.54, 1.807) is 6.07 Å². The van der Waals surface area contributed by atoms with Gasteiger partial charge in [0.2, 0.25) is 0 Å². The highest BCUT2D eigenvalue weighted by Gasteiger charge is 2.18. The second-order valence-corrected chi connectivity index (χ2v) is 4.34. The summed E-state index contributed by atoms with van der Waals surface area (Å²) in [7, 11) is 0. The Hall–Kier alpha value is -1.92. The smallest absolute Gasteiger partial charge is 0.275 e. The van der Waals surface area contributed by atoms with Crippen molar-refractivity contribution >= 4 is 11.4 Å². The van der Waals surface area contributed by atoms with Gasteiger partial charge in [0.15, 0.2) is 0 Å². The summed E-state index contributed by atoms with van der Waals surface area (Å²) >= 11 is 0. The average Bonchev–Trinajstić information content (AvgIpc) is 2.89. The summed E-state index contributed by atoms with van der Waals surface area (Å²) < 4.78 is 29.1. The minimum Gasteiger partial charge on any atom is -0.487 e. The van der Waals surface area contributed by atoms with Crippen molar-refractivity contribution in [2.75, 3.05) is 24.6 Å². The molecule has 1 aromatic rings. The van der Waals surface area contributed by atoms with Gasteiger partial charge in [-0.2, -0.15) is 0 Å². The highest BCUT2D eigenvalue weighted by Crippen LogP contribution is 2.30. The number of nitro groups is 1. The Morgan fingerprint density at radius 2 is 2.00 bits per heavy atom. The molecule has 1 fully saturated rings. The van der Waals surface area contributed by atoms with Gasteiger partial charge in [-0.3, -0.25) is 10.1 Å². The third-order valence-electron chi connectivity index (χ3n) is 2.93. The number of nitrogens with zero attached hydrogens (tertiary/aromatic N) is 2. The Labute approximate surface area is 108 Å². The molecule has 1 aromatic carbocycles. The van der Waals surface area contributed by atoms with E-state index < -0.39 is 18.0 Å². The lowest BCUT2D eigenvalue weighted by Gasteiger charge is -2.18. The van der Waals surface area contributed by atoms with Gasteiger partial charge in [-0.1, -0.05) is 0 Å². The maximum atomic E-state index is 12.1. The predicted octanol–water partition coefficient (Wildman–Crippen LogP) is 2.84. The molecule has 2 rings (SSSR count). The van der Waals surface area contributed by atoms with Crippen molar-refractivity contribution in [1.82, 2.24) is 0 Å². The number of halogens is 2. The van der Waals surface area contributed by atoms with E-state index >= 15 is 0 Å². The van der Waals surface area contributed by atoms with Gasteiger partial charge in [0.25, 0.3) is 12.1 Å². The fraction of sp³-hybridized carbons (Fsp3) is 0.500. The molecule has 1 aliphatic rings. The Morgan fingerprint density at radius 1 is 1.32 bits per heavy atom. The average molecular weight is 272 g/mol. The number of nitro benzene ring substituents is 1. The molecule has 7 heteroatoms. The van der Waals surface area contributed by atoms with Crippen molar-refractivity contribution in [1.29, 1.82) is 0 Å². The van der Waals surface area contributed by atoms with Gasteiger partial charge in [-0.15, -0.1) is 0 Å². The van der Waals surface area contributed by atoms with E-state index in [9.17, 15) is 18.9 Å². The van der Waals surface area contributed by atoms with E-state index in [4.69, 9.17) is 4.74 Å². The standard InChI is InChI=1S/C12H14F2N2O3/c13-12(14)8-19-11-6-9(15-3-1-2-4-15)5-10(7-11)16(17)18/h5-7,12H,1-4,8H2. The van der Waals surface area contributed by atoms with E-state index in [0.29, 0.717) is 5.69 Å². The lowest BCUT2D eigenvalue weighted by molar-refractivity contribution is -0.384. The molecule has 0 radical (unpaired) electrons. The van der Waals surface area contributed by atoms with Crippen molar-refractivity contribution in [3.05, 3.63) is 28.3 Å². The van der Waals surface area contributed by atoms with Crippen LogP contribution < -0.4 is 9.64 Å². The number of hydrogen-bond acceptors (Lipinski definition) is 4. The van der Waals surface area contributed by atoms with Gasteiger partial charge in [0, 0.05) is 30.9 Å². The molecule has 1 aliphatic heterocycles. The molecule has 19 heavy (non-hydrogen) atoms. The molecule has 0 saturated carbocycles. The van der Waals surface area contributed by atoms with Crippen LogP contribution in [0.25, 0.3) is 0 Å². The van der Waals surface area contributed by atoms with Crippen molar-refractivity contribution < 1.29 is 18.4 Å². The number of alkyl halides is 2. The summed E-state index contributed by atoms with van der Waals surface area (Å²) in [4.78, 5) is 12.3. The summed E-state index contributed by atoms with van der Waals surface area (Å²) in [6.45, 7) is 0.867. The SMILES string of the molecule is O=[N+]([O-])c1cc(OCC(F)F)cc(N2CCCC2)c1. The molecule has 0 amide bonds. The van der Waals surface area contributed by atoms with E-state index in [1.165, 1.54) is 12.1 Å². The topological polar surface area (TPSA) is 55.6 Å². The van der Waals surface area contributed by atoms with Gasteiger partial charge in [-0.05, 0) is 12.8 Å². The fourth-order valence-corrected chi connectivity index (χ4v) is 2.07. The zero-order chi connectivity index (χ0) is 13.8. The molecule has 104 valence electrons. The van der Waals surface area contributed by atoms with Gasteiger partial charge in [-0.25, -0.2) is 8.78 Å². The zero-order valence-electron chi connectivity index (χ0n) is 10.2. The highest BCUT2D eigenvalue weighted by molar-refractivity contribution is 5.58. The second-order valence-electron chi connectivity index (χ2n) is 4.34. The van der Waals surface area contributed by atoms with Crippen LogP contribution in [0.1, 0.15) is 12.8 Å². The summed E-state index contributed by atoms with van der Waals surface area (Å²) in [5.41, 5.74) is 0.504. The first kappa shape index (κ1) is 13.5. The molecule has 5 nitrogen and oxygen atoms in total. The lowest BCUT2D eigenvalue weighted by atomic mass is 10.2. The van der Waals surface area contributed by atoms with Gasteiger partial charge in [0.1, 0.15) is 12.4 Å². The zero-order valence-corrected chi connectivity index (χ0v) is 10.2. The molecule has 1 heterocycles. The first-order valence-electron chi connectivity index (χ1n) is 6.01. The van der Waals surface area contributed by atoms with Crippen molar-refractivity contribution in [3.8, 4) is 5.75 Å². The fourth-order valence-electron chi connectivity index (χ4n) is 2.07.